The van der Waals surface area contributed by atoms with Crippen molar-refractivity contribution in [2.45, 2.75) is 33.1 Å². The molecule has 0 bridgehead atoms. The zero-order valence-corrected chi connectivity index (χ0v) is 11.9. The summed E-state index contributed by atoms with van der Waals surface area (Å²) in [6.45, 7) is 5.50. The molecule has 90 valence electrons. The summed E-state index contributed by atoms with van der Waals surface area (Å²) >= 11 is 10.3. The first kappa shape index (κ1) is 13.6. The highest BCUT2D eigenvalue weighted by atomic mass is 32.1. The SMILES string of the molecule is CNc1c(NCCCCC(C)C)c(=S)c1=S. The van der Waals surface area contributed by atoms with E-state index >= 15 is 0 Å². The third kappa shape index (κ3) is 3.25. The molecule has 0 aliphatic heterocycles. The van der Waals surface area contributed by atoms with Gasteiger partial charge in [0.2, 0.25) is 0 Å². The van der Waals surface area contributed by atoms with Crippen LogP contribution in [0.4, 0.5) is 11.4 Å². The van der Waals surface area contributed by atoms with Crippen molar-refractivity contribution in [1.29, 1.82) is 0 Å². The Bertz CT molecular complexity index is 403. The predicted octanol–water partition coefficient (Wildman–Crippen LogP) is 4.30. The molecule has 0 heterocycles. The van der Waals surface area contributed by atoms with Crippen molar-refractivity contribution in [3.05, 3.63) is 9.02 Å². The maximum atomic E-state index is 5.19. The number of rotatable bonds is 7. The monoisotopic (exact) mass is 256 g/mol. The molecule has 0 aliphatic carbocycles. The van der Waals surface area contributed by atoms with Crippen LogP contribution in [0.5, 0.6) is 0 Å². The van der Waals surface area contributed by atoms with Gasteiger partial charge in [-0.15, -0.1) is 0 Å². The molecule has 0 aliphatic rings. The van der Waals surface area contributed by atoms with Crippen molar-refractivity contribution < 1.29 is 0 Å². The van der Waals surface area contributed by atoms with Crippen LogP contribution < -0.4 is 10.6 Å². The lowest BCUT2D eigenvalue weighted by Crippen LogP contribution is -2.08. The summed E-state index contributed by atoms with van der Waals surface area (Å²) in [7, 11) is 1.88. The van der Waals surface area contributed by atoms with Crippen LogP contribution in [-0.4, -0.2) is 13.6 Å². The number of hydrogen-bond donors (Lipinski definition) is 2. The first-order chi connectivity index (χ1) is 7.57. The van der Waals surface area contributed by atoms with Gasteiger partial charge in [-0.2, -0.15) is 0 Å². The largest absolute Gasteiger partial charge is 0.385 e. The van der Waals surface area contributed by atoms with Crippen LogP contribution in [0.2, 0.25) is 0 Å². The summed E-state index contributed by atoms with van der Waals surface area (Å²) in [6.07, 6.45) is 3.75. The fourth-order valence-electron chi connectivity index (χ4n) is 1.69. The molecule has 2 N–H and O–H groups in total. The molecule has 1 aromatic rings. The highest BCUT2D eigenvalue weighted by Gasteiger charge is 2.11. The van der Waals surface area contributed by atoms with Gasteiger partial charge < -0.3 is 10.6 Å². The van der Waals surface area contributed by atoms with Crippen LogP contribution in [0.25, 0.3) is 0 Å². The minimum atomic E-state index is 0.794. The number of anilines is 2. The molecule has 2 nitrogen and oxygen atoms in total. The molecule has 0 aromatic heterocycles. The predicted molar refractivity (Wildman–Crippen MR) is 77.2 cm³/mol. The summed E-state index contributed by atoms with van der Waals surface area (Å²) in [4.78, 5) is 0. The van der Waals surface area contributed by atoms with E-state index in [2.05, 4.69) is 24.5 Å². The summed E-state index contributed by atoms with van der Waals surface area (Å²) in [6, 6.07) is 0. The molecular formula is C12H20N2S2. The van der Waals surface area contributed by atoms with Crippen LogP contribution in [0.1, 0.15) is 33.1 Å². The molecule has 4 heteroatoms. The molecule has 0 radical (unpaired) electrons. The van der Waals surface area contributed by atoms with E-state index in [0.717, 1.165) is 32.9 Å². The smallest absolute Gasteiger partial charge is 0.0832 e. The Morgan fingerprint density at radius 3 is 2.25 bits per heavy atom. The van der Waals surface area contributed by atoms with E-state index in [1.165, 1.54) is 19.3 Å². The van der Waals surface area contributed by atoms with Crippen molar-refractivity contribution in [2.75, 3.05) is 24.2 Å². The van der Waals surface area contributed by atoms with E-state index < -0.39 is 0 Å². The number of nitrogens with one attached hydrogen (secondary N) is 2. The van der Waals surface area contributed by atoms with Gasteiger partial charge in [-0.3, -0.25) is 0 Å². The molecule has 1 rings (SSSR count). The number of hydrogen-bond acceptors (Lipinski definition) is 4. The van der Waals surface area contributed by atoms with Gasteiger partial charge in [0.25, 0.3) is 0 Å². The van der Waals surface area contributed by atoms with E-state index in [4.69, 9.17) is 24.4 Å². The number of unbranched alkanes of at least 4 members (excludes halogenated alkanes) is 1. The van der Waals surface area contributed by atoms with Crippen molar-refractivity contribution >= 4 is 35.8 Å². The second-order valence-electron chi connectivity index (χ2n) is 4.47. The Kier molecular flexibility index (Phi) is 5.35. The highest BCUT2D eigenvalue weighted by molar-refractivity contribution is 7.74. The first-order valence-electron chi connectivity index (χ1n) is 5.82. The van der Waals surface area contributed by atoms with Crippen molar-refractivity contribution in [3.63, 3.8) is 0 Å². The molecule has 0 saturated heterocycles. The molecule has 16 heavy (non-hydrogen) atoms. The zero-order chi connectivity index (χ0) is 12.1. The zero-order valence-electron chi connectivity index (χ0n) is 10.2. The van der Waals surface area contributed by atoms with Gasteiger partial charge in [0.1, 0.15) is 0 Å². The van der Waals surface area contributed by atoms with Crippen LogP contribution in [0.15, 0.2) is 0 Å². The van der Waals surface area contributed by atoms with Crippen molar-refractivity contribution in [3.8, 4) is 0 Å². The third-order valence-electron chi connectivity index (χ3n) is 2.67. The topological polar surface area (TPSA) is 24.1 Å². The van der Waals surface area contributed by atoms with Crippen LogP contribution >= 0.6 is 24.4 Å². The van der Waals surface area contributed by atoms with E-state index in [0.29, 0.717) is 0 Å². The third-order valence-corrected chi connectivity index (χ3v) is 3.62. The molecule has 0 saturated carbocycles. The molecule has 0 fully saturated rings. The van der Waals surface area contributed by atoms with Gasteiger partial charge in [-0.25, -0.2) is 0 Å². The molecule has 0 unspecified atom stereocenters. The van der Waals surface area contributed by atoms with Gasteiger partial charge in [-0.1, -0.05) is 51.1 Å². The highest BCUT2D eigenvalue weighted by Crippen LogP contribution is 2.31. The second-order valence-corrected chi connectivity index (χ2v) is 5.29. The average molecular weight is 256 g/mol. The summed E-state index contributed by atoms with van der Waals surface area (Å²) < 4.78 is 1.60. The Balaban J connectivity index is 2.30. The van der Waals surface area contributed by atoms with Crippen LogP contribution in [-0.2, 0) is 0 Å². The van der Waals surface area contributed by atoms with Crippen molar-refractivity contribution in [2.24, 2.45) is 5.92 Å². The van der Waals surface area contributed by atoms with Gasteiger partial charge in [0.15, 0.2) is 0 Å². The van der Waals surface area contributed by atoms with E-state index in [1.54, 1.807) is 0 Å². The maximum Gasteiger partial charge on any atom is 0.0832 e. The maximum absolute atomic E-state index is 5.19. The quantitative estimate of drug-likeness (QED) is 0.561. The standard InChI is InChI=1S/C12H20N2S2/c1-8(2)6-4-5-7-14-10-9(13-3)11(15)12(10)16/h8,13-14H,4-7H2,1-3H3. The Morgan fingerprint density at radius 1 is 1.06 bits per heavy atom. The van der Waals surface area contributed by atoms with Gasteiger partial charge >= 0.3 is 0 Å². The molecule has 0 spiro atoms. The van der Waals surface area contributed by atoms with Crippen molar-refractivity contribution in [1.82, 2.24) is 0 Å². The first-order valence-corrected chi connectivity index (χ1v) is 6.64. The summed E-state index contributed by atoms with van der Waals surface area (Å²) in [5.41, 5.74) is 2.04. The van der Waals surface area contributed by atoms with E-state index in [1.807, 2.05) is 7.05 Å². The van der Waals surface area contributed by atoms with Gasteiger partial charge in [0, 0.05) is 13.6 Å². The minimum Gasteiger partial charge on any atom is -0.385 e. The Labute approximate surface area is 108 Å². The van der Waals surface area contributed by atoms with E-state index in [9.17, 15) is 0 Å². The van der Waals surface area contributed by atoms with Crippen LogP contribution in [0.3, 0.4) is 0 Å². The summed E-state index contributed by atoms with van der Waals surface area (Å²) in [5.74, 6) is 0.796. The lowest BCUT2D eigenvalue weighted by Gasteiger charge is -2.15. The minimum absolute atomic E-state index is 0.794. The molecular weight excluding hydrogens is 236 g/mol. The average Bonchev–Trinajstić information content (AvgIpc) is 2.26. The summed E-state index contributed by atoms with van der Waals surface area (Å²) in [5, 5.41) is 6.44. The van der Waals surface area contributed by atoms with Gasteiger partial charge in [-0.05, 0) is 12.3 Å². The lowest BCUT2D eigenvalue weighted by molar-refractivity contribution is 0.545. The van der Waals surface area contributed by atoms with Gasteiger partial charge in [0.05, 0.1) is 20.4 Å². The normalized spacial score (nSPS) is 11.0. The molecule has 0 atom stereocenters. The molecule has 1 aromatic carbocycles. The fourth-order valence-corrected chi connectivity index (χ4v) is 2.27. The Hall–Kier alpha value is -0.480. The Morgan fingerprint density at radius 2 is 1.69 bits per heavy atom. The fraction of sp³-hybridized carbons (Fsp3) is 0.667. The second kappa shape index (κ2) is 6.30. The van der Waals surface area contributed by atoms with E-state index in [-0.39, 0.29) is 0 Å². The molecule has 0 amide bonds. The van der Waals surface area contributed by atoms with Crippen LogP contribution in [0, 0.1) is 14.9 Å². The lowest BCUT2D eigenvalue weighted by atomic mass is 10.1.